The molecule has 180 valence electrons. The van der Waals surface area contributed by atoms with Gasteiger partial charge in [0.15, 0.2) is 0 Å². The molecule has 1 aliphatic heterocycles. The van der Waals surface area contributed by atoms with Crippen molar-refractivity contribution in [2.75, 3.05) is 4.90 Å². The lowest BCUT2D eigenvalue weighted by atomic mass is 10.1. The number of carbonyl (C=O) groups is 4. The molecule has 1 fully saturated rings. The van der Waals surface area contributed by atoms with E-state index in [4.69, 9.17) is 9.84 Å². The van der Waals surface area contributed by atoms with Crippen molar-refractivity contribution in [1.29, 1.82) is 0 Å². The molecule has 11 nitrogen and oxygen atoms in total. The van der Waals surface area contributed by atoms with Gasteiger partial charge in [-0.15, -0.1) is 0 Å². The summed E-state index contributed by atoms with van der Waals surface area (Å²) in [7, 11) is 0. The number of anilines is 1. The van der Waals surface area contributed by atoms with Gasteiger partial charge >= 0.3 is 12.0 Å². The van der Waals surface area contributed by atoms with Crippen LogP contribution in [-0.4, -0.2) is 33.8 Å². The molecule has 1 heterocycles. The minimum atomic E-state index is -1.17. The monoisotopic (exact) mass is 487 g/mol. The number of carboxylic acid groups (broad SMARTS) is 1. The third kappa shape index (κ3) is 4.94. The minimum absolute atomic E-state index is 0.0328. The number of carbonyl (C=O) groups excluding carboxylic acids is 3. The van der Waals surface area contributed by atoms with Gasteiger partial charge in [-0.25, -0.2) is 14.5 Å². The topological polar surface area (TPSA) is 156 Å². The van der Waals surface area contributed by atoms with Crippen molar-refractivity contribution in [1.82, 2.24) is 5.32 Å². The number of amides is 4. The number of non-ortho nitro benzene ring substituents is 1. The van der Waals surface area contributed by atoms with Crippen molar-refractivity contribution in [2.24, 2.45) is 0 Å². The number of imide groups is 2. The van der Waals surface area contributed by atoms with E-state index in [0.29, 0.717) is 16.9 Å². The van der Waals surface area contributed by atoms with Crippen molar-refractivity contribution in [2.45, 2.75) is 6.61 Å². The Morgan fingerprint density at radius 2 is 1.67 bits per heavy atom. The number of nitro groups is 1. The lowest BCUT2D eigenvalue weighted by molar-refractivity contribution is -0.384. The molecule has 3 aromatic carbocycles. The molecule has 0 saturated carbocycles. The van der Waals surface area contributed by atoms with Gasteiger partial charge in [0.2, 0.25) is 0 Å². The number of urea groups is 1. The van der Waals surface area contributed by atoms with Gasteiger partial charge in [0.25, 0.3) is 17.5 Å². The number of para-hydroxylation sites is 1. The Balaban J connectivity index is 1.59. The zero-order valence-electron chi connectivity index (χ0n) is 18.4. The fourth-order valence-electron chi connectivity index (χ4n) is 3.41. The third-order valence-electron chi connectivity index (χ3n) is 5.23. The second-order valence-electron chi connectivity index (χ2n) is 7.56. The molecule has 11 heteroatoms. The first-order valence-electron chi connectivity index (χ1n) is 10.4. The van der Waals surface area contributed by atoms with Crippen LogP contribution in [0.4, 0.5) is 16.2 Å². The van der Waals surface area contributed by atoms with Crippen LogP contribution in [0.25, 0.3) is 6.08 Å². The predicted octanol–water partition coefficient (Wildman–Crippen LogP) is 3.54. The average molecular weight is 487 g/mol. The average Bonchev–Trinajstić information content (AvgIpc) is 2.86. The number of rotatable bonds is 7. The van der Waals surface area contributed by atoms with Crippen LogP contribution in [0.15, 0.2) is 78.4 Å². The second-order valence-corrected chi connectivity index (χ2v) is 7.56. The van der Waals surface area contributed by atoms with E-state index in [1.807, 2.05) is 0 Å². The van der Waals surface area contributed by atoms with E-state index in [-0.39, 0.29) is 29.1 Å². The summed E-state index contributed by atoms with van der Waals surface area (Å²) in [5.74, 6) is -2.62. The van der Waals surface area contributed by atoms with Crippen LogP contribution in [0, 0.1) is 10.1 Å². The zero-order chi connectivity index (χ0) is 25.8. The molecule has 4 amide bonds. The van der Waals surface area contributed by atoms with Gasteiger partial charge in [-0.1, -0.05) is 18.2 Å². The molecule has 1 saturated heterocycles. The normalized spacial score (nSPS) is 14.5. The Hall–Kier alpha value is -5.32. The number of nitrogens with one attached hydrogen (secondary N) is 1. The van der Waals surface area contributed by atoms with Crippen LogP contribution in [-0.2, 0) is 16.2 Å². The summed E-state index contributed by atoms with van der Waals surface area (Å²) in [5, 5.41) is 22.0. The first-order valence-corrected chi connectivity index (χ1v) is 10.4. The van der Waals surface area contributed by atoms with Crippen LogP contribution < -0.4 is 15.0 Å². The maximum atomic E-state index is 13.1. The Labute approximate surface area is 203 Å². The molecule has 2 N–H and O–H groups in total. The van der Waals surface area contributed by atoms with E-state index < -0.39 is 28.7 Å². The van der Waals surface area contributed by atoms with Gasteiger partial charge in [-0.3, -0.25) is 25.0 Å². The summed E-state index contributed by atoms with van der Waals surface area (Å²) in [4.78, 5) is 60.1. The number of aromatic carboxylic acids is 1. The van der Waals surface area contributed by atoms with Gasteiger partial charge in [0.05, 0.1) is 16.2 Å². The molecule has 0 spiro atoms. The molecule has 1 aliphatic rings. The fourth-order valence-corrected chi connectivity index (χ4v) is 3.41. The van der Waals surface area contributed by atoms with E-state index in [1.165, 1.54) is 42.5 Å². The van der Waals surface area contributed by atoms with Crippen LogP contribution in [0.5, 0.6) is 5.75 Å². The van der Waals surface area contributed by atoms with Crippen molar-refractivity contribution < 1.29 is 33.9 Å². The second kappa shape index (κ2) is 9.89. The Morgan fingerprint density at radius 3 is 2.31 bits per heavy atom. The van der Waals surface area contributed by atoms with Crippen LogP contribution in [0.2, 0.25) is 0 Å². The van der Waals surface area contributed by atoms with Gasteiger partial charge < -0.3 is 9.84 Å². The van der Waals surface area contributed by atoms with E-state index in [9.17, 15) is 29.3 Å². The van der Waals surface area contributed by atoms with E-state index >= 15 is 0 Å². The van der Waals surface area contributed by atoms with Crippen LogP contribution in [0.1, 0.15) is 21.5 Å². The molecule has 0 radical (unpaired) electrons. The maximum absolute atomic E-state index is 13.1. The number of hydrogen-bond donors (Lipinski definition) is 2. The number of barbiturate groups is 1. The third-order valence-corrected chi connectivity index (χ3v) is 5.23. The molecule has 0 unspecified atom stereocenters. The number of benzene rings is 3. The molecule has 0 aromatic heterocycles. The van der Waals surface area contributed by atoms with Crippen molar-refractivity contribution in [3.63, 3.8) is 0 Å². The van der Waals surface area contributed by atoms with Crippen molar-refractivity contribution >= 4 is 41.3 Å². The Kier molecular flexibility index (Phi) is 6.55. The molecular weight excluding hydrogens is 470 g/mol. The van der Waals surface area contributed by atoms with Gasteiger partial charge in [-0.2, -0.15) is 0 Å². The number of ether oxygens (including phenoxy) is 1. The van der Waals surface area contributed by atoms with Gasteiger partial charge in [0.1, 0.15) is 17.9 Å². The molecule has 0 aliphatic carbocycles. The standard InChI is InChI=1S/C25H17N3O8/c29-22-20(23(30)27(25(33)26-22)18-11-7-16(8-12-18)24(31)32)13-17-3-1-2-4-21(17)36-14-15-5-9-19(10-6-15)28(34)35/h1-13H,14H2,(H,31,32)(H,26,29,33)/b20-13+. The molecular formula is C25H17N3O8. The quantitative estimate of drug-likeness (QED) is 0.222. The van der Waals surface area contributed by atoms with Crippen LogP contribution in [0.3, 0.4) is 0 Å². The highest BCUT2D eigenvalue weighted by Crippen LogP contribution is 2.26. The molecule has 4 rings (SSSR count). The molecule has 0 bridgehead atoms. The smallest absolute Gasteiger partial charge is 0.335 e. The predicted molar refractivity (Wildman–Crippen MR) is 126 cm³/mol. The SMILES string of the molecule is O=C1NC(=O)N(c2ccc(C(=O)O)cc2)C(=O)/C1=C/c1ccccc1OCc1ccc([N+](=O)[O-])cc1. The molecule has 0 atom stereocenters. The summed E-state index contributed by atoms with van der Waals surface area (Å²) in [6.07, 6.45) is 1.29. The Morgan fingerprint density at radius 1 is 1.00 bits per heavy atom. The van der Waals surface area contributed by atoms with E-state index in [2.05, 4.69) is 5.32 Å². The summed E-state index contributed by atoms with van der Waals surface area (Å²) in [5.41, 5.74) is 0.716. The minimum Gasteiger partial charge on any atom is -0.488 e. The highest BCUT2D eigenvalue weighted by molar-refractivity contribution is 6.39. The first-order chi connectivity index (χ1) is 17.2. The van der Waals surface area contributed by atoms with Crippen molar-refractivity contribution in [3.8, 4) is 5.75 Å². The van der Waals surface area contributed by atoms with Gasteiger partial charge in [-0.05, 0) is 54.1 Å². The van der Waals surface area contributed by atoms with E-state index in [1.54, 1.807) is 36.4 Å². The zero-order valence-corrected chi connectivity index (χ0v) is 18.4. The largest absolute Gasteiger partial charge is 0.488 e. The summed E-state index contributed by atoms with van der Waals surface area (Å²) in [6, 6.07) is 16.5. The molecule has 3 aromatic rings. The lowest BCUT2D eigenvalue weighted by Crippen LogP contribution is -2.54. The molecule has 36 heavy (non-hydrogen) atoms. The summed E-state index contributed by atoms with van der Waals surface area (Å²) in [6.45, 7) is 0.0683. The number of carboxylic acids is 1. The highest BCUT2D eigenvalue weighted by Gasteiger charge is 2.37. The van der Waals surface area contributed by atoms with E-state index in [0.717, 1.165) is 4.90 Å². The fraction of sp³-hybridized carbons (Fsp3) is 0.0400. The maximum Gasteiger partial charge on any atom is 0.335 e. The van der Waals surface area contributed by atoms with Crippen molar-refractivity contribution in [3.05, 3.63) is 105 Å². The van der Waals surface area contributed by atoms with Crippen LogP contribution >= 0.6 is 0 Å². The number of nitrogens with zero attached hydrogens (tertiary/aromatic N) is 2. The summed E-state index contributed by atoms with van der Waals surface area (Å²) >= 11 is 0. The highest BCUT2D eigenvalue weighted by atomic mass is 16.6. The number of hydrogen-bond acceptors (Lipinski definition) is 7. The first kappa shape index (κ1) is 23.8. The van der Waals surface area contributed by atoms with Gasteiger partial charge in [0, 0.05) is 17.7 Å². The summed E-state index contributed by atoms with van der Waals surface area (Å²) < 4.78 is 5.81. The number of nitro benzene ring substituents is 1. The lowest BCUT2D eigenvalue weighted by Gasteiger charge is -2.26. The Bertz CT molecular complexity index is 1410.